The lowest BCUT2D eigenvalue weighted by Crippen LogP contribution is -2.09. The lowest BCUT2D eigenvalue weighted by Gasteiger charge is -2.05. The third-order valence-electron chi connectivity index (χ3n) is 3.42. The van der Waals surface area contributed by atoms with E-state index >= 15 is 0 Å². The first-order valence-electron chi connectivity index (χ1n) is 7.96. The number of carbonyl (C=O) groups is 1. The highest BCUT2D eigenvalue weighted by Gasteiger charge is 2.20. The number of nitriles is 1. The Morgan fingerprint density at radius 3 is 2.81 bits per heavy atom. The Balaban J connectivity index is 1.91. The predicted octanol–water partition coefficient (Wildman–Crippen LogP) is 4.10. The van der Waals surface area contributed by atoms with Crippen LogP contribution in [0.2, 0.25) is 0 Å². The minimum absolute atomic E-state index is 0.237. The number of carbonyl (C=O) groups excluding carboxylic acids is 1. The topological polar surface area (TPSA) is 83.8 Å². The molecule has 0 fully saturated rings. The quantitative estimate of drug-likeness (QED) is 0.526. The molecule has 1 N–H and O–H groups in total. The second-order valence-electron chi connectivity index (χ2n) is 5.16. The Labute approximate surface area is 155 Å². The van der Waals surface area contributed by atoms with Gasteiger partial charge in [-0.05, 0) is 36.1 Å². The van der Waals surface area contributed by atoms with Crippen molar-refractivity contribution >= 4 is 29.6 Å². The molecular formula is C19H16N4O2S. The summed E-state index contributed by atoms with van der Waals surface area (Å²) < 4.78 is 6.83. The van der Waals surface area contributed by atoms with Gasteiger partial charge in [-0.25, -0.2) is 4.68 Å². The van der Waals surface area contributed by atoms with Gasteiger partial charge < -0.3 is 9.73 Å². The van der Waals surface area contributed by atoms with Crippen LogP contribution in [0.3, 0.4) is 0 Å². The largest absolute Gasteiger partial charge is 0.465 e. The molecule has 2 heterocycles. The molecule has 3 aromatic rings. The number of aromatic nitrogens is 2. The highest BCUT2D eigenvalue weighted by molar-refractivity contribution is 7.99. The number of furan rings is 1. The van der Waals surface area contributed by atoms with Crippen LogP contribution >= 0.6 is 11.8 Å². The number of thioether (sulfide) groups is 1. The molecule has 0 saturated heterocycles. The van der Waals surface area contributed by atoms with E-state index in [1.165, 1.54) is 24.1 Å². The molecule has 2 aromatic heterocycles. The number of anilines is 1. The number of amides is 1. The van der Waals surface area contributed by atoms with E-state index in [4.69, 9.17) is 4.42 Å². The molecule has 3 rings (SSSR count). The molecule has 1 aromatic carbocycles. The van der Waals surface area contributed by atoms with Crippen LogP contribution in [-0.4, -0.2) is 21.4 Å². The first-order valence-corrected chi connectivity index (χ1v) is 8.95. The predicted molar refractivity (Wildman–Crippen MR) is 101 cm³/mol. The summed E-state index contributed by atoms with van der Waals surface area (Å²) in [4.78, 5) is 12.2. The maximum Gasteiger partial charge on any atom is 0.249 e. The molecule has 0 aliphatic rings. The van der Waals surface area contributed by atoms with Crippen LogP contribution in [0, 0.1) is 11.3 Å². The fourth-order valence-corrected chi connectivity index (χ4v) is 3.14. The van der Waals surface area contributed by atoms with E-state index in [0.29, 0.717) is 16.3 Å². The summed E-state index contributed by atoms with van der Waals surface area (Å²) in [6, 6.07) is 15.1. The molecule has 0 atom stereocenters. The SMILES string of the molecule is CCSc1c(C#N)c(NC(=O)C=Cc2ccco2)nn1-c1ccccc1. The number of rotatable bonds is 6. The van der Waals surface area contributed by atoms with Gasteiger partial charge in [0.25, 0.3) is 0 Å². The van der Waals surface area contributed by atoms with E-state index in [2.05, 4.69) is 16.5 Å². The average Bonchev–Trinajstić information content (AvgIpc) is 3.29. The fourth-order valence-electron chi connectivity index (χ4n) is 2.31. The molecule has 26 heavy (non-hydrogen) atoms. The maximum atomic E-state index is 12.2. The van der Waals surface area contributed by atoms with Crippen molar-refractivity contribution in [2.75, 3.05) is 11.1 Å². The smallest absolute Gasteiger partial charge is 0.249 e. The Kier molecular flexibility index (Phi) is 5.56. The van der Waals surface area contributed by atoms with E-state index in [-0.39, 0.29) is 11.7 Å². The summed E-state index contributed by atoms with van der Waals surface area (Å²) in [6.45, 7) is 2.00. The van der Waals surface area contributed by atoms with Crippen LogP contribution in [0.15, 0.2) is 64.2 Å². The van der Waals surface area contributed by atoms with Crippen molar-refractivity contribution in [3.05, 3.63) is 66.1 Å². The summed E-state index contributed by atoms with van der Waals surface area (Å²) >= 11 is 1.50. The number of hydrogen-bond acceptors (Lipinski definition) is 5. The minimum Gasteiger partial charge on any atom is -0.465 e. The van der Waals surface area contributed by atoms with E-state index in [1.54, 1.807) is 22.9 Å². The van der Waals surface area contributed by atoms with E-state index in [9.17, 15) is 10.1 Å². The molecule has 6 nitrogen and oxygen atoms in total. The van der Waals surface area contributed by atoms with Crippen molar-refractivity contribution in [2.45, 2.75) is 11.9 Å². The third kappa shape index (κ3) is 3.87. The van der Waals surface area contributed by atoms with Crippen LogP contribution in [0.25, 0.3) is 11.8 Å². The van der Waals surface area contributed by atoms with Gasteiger partial charge in [-0.15, -0.1) is 16.9 Å². The molecule has 0 radical (unpaired) electrons. The average molecular weight is 364 g/mol. The summed E-state index contributed by atoms with van der Waals surface area (Å²) in [6.07, 6.45) is 4.42. The number of nitrogens with zero attached hydrogens (tertiary/aromatic N) is 3. The highest BCUT2D eigenvalue weighted by atomic mass is 32.2. The van der Waals surface area contributed by atoms with Crippen molar-refractivity contribution < 1.29 is 9.21 Å². The molecule has 0 aliphatic heterocycles. The van der Waals surface area contributed by atoms with Gasteiger partial charge in [-0.2, -0.15) is 5.26 Å². The van der Waals surface area contributed by atoms with Gasteiger partial charge >= 0.3 is 0 Å². The third-order valence-corrected chi connectivity index (χ3v) is 4.36. The van der Waals surface area contributed by atoms with Crippen molar-refractivity contribution in [1.82, 2.24) is 9.78 Å². The van der Waals surface area contributed by atoms with Gasteiger partial charge in [-0.3, -0.25) is 4.79 Å². The zero-order valence-corrected chi connectivity index (χ0v) is 14.9. The molecule has 1 amide bonds. The first kappa shape index (κ1) is 17.6. The lowest BCUT2D eigenvalue weighted by molar-refractivity contribution is -0.111. The Morgan fingerprint density at radius 2 is 2.15 bits per heavy atom. The summed E-state index contributed by atoms with van der Waals surface area (Å²) in [7, 11) is 0. The zero-order valence-electron chi connectivity index (χ0n) is 14.0. The molecule has 130 valence electrons. The number of nitrogens with one attached hydrogen (secondary N) is 1. The minimum atomic E-state index is -0.385. The first-order chi connectivity index (χ1) is 12.7. The summed E-state index contributed by atoms with van der Waals surface area (Å²) in [5, 5.41) is 17.4. The molecule has 0 aliphatic carbocycles. The van der Waals surface area contributed by atoms with E-state index in [1.807, 2.05) is 37.3 Å². The molecular weight excluding hydrogens is 348 g/mol. The van der Waals surface area contributed by atoms with Crippen LogP contribution < -0.4 is 5.32 Å². The van der Waals surface area contributed by atoms with Crippen LogP contribution in [0.4, 0.5) is 5.82 Å². The van der Waals surface area contributed by atoms with Crippen LogP contribution in [-0.2, 0) is 4.79 Å². The Bertz CT molecular complexity index is 954. The lowest BCUT2D eigenvalue weighted by atomic mass is 10.3. The summed E-state index contributed by atoms with van der Waals surface area (Å²) in [5.74, 6) is 1.20. The van der Waals surface area contributed by atoms with Crippen LogP contribution in [0.5, 0.6) is 0 Å². The monoisotopic (exact) mass is 364 g/mol. The van der Waals surface area contributed by atoms with Crippen molar-refractivity contribution in [3.8, 4) is 11.8 Å². The second kappa shape index (κ2) is 8.23. The van der Waals surface area contributed by atoms with Gasteiger partial charge in [-0.1, -0.05) is 25.1 Å². The molecule has 0 spiro atoms. The second-order valence-corrected chi connectivity index (χ2v) is 6.41. The Morgan fingerprint density at radius 1 is 1.35 bits per heavy atom. The number of benzene rings is 1. The van der Waals surface area contributed by atoms with Gasteiger partial charge in [0.15, 0.2) is 5.82 Å². The van der Waals surface area contributed by atoms with Gasteiger partial charge in [0.1, 0.15) is 22.4 Å². The normalized spacial score (nSPS) is 10.8. The van der Waals surface area contributed by atoms with E-state index < -0.39 is 0 Å². The zero-order chi connectivity index (χ0) is 18.4. The molecule has 0 bridgehead atoms. The van der Waals surface area contributed by atoms with Crippen molar-refractivity contribution in [3.63, 3.8) is 0 Å². The number of para-hydroxylation sites is 1. The van der Waals surface area contributed by atoms with Gasteiger partial charge in [0.2, 0.25) is 5.91 Å². The standard InChI is InChI=1S/C19H16N4O2S/c1-2-26-19-16(13-20)18(22-23(19)14-7-4-3-5-8-14)21-17(24)11-10-15-9-6-12-25-15/h3-12H,2H2,1H3,(H,21,22,24). The Hall–Kier alpha value is -3.24. The van der Waals surface area contributed by atoms with Crippen molar-refractivity contribution in [1.29, 1.82) is 5.26 Å². The molecule has 0 saturated carbocycles. The maximum absolute atomic E-state index is 12.2. The van der Waals surface area contributed by atoms with Crippen molar-refractivity contribution in [2.24, 2.45) is 0 Å². The van der Waals surface area contributed by atoms with E-state index in [0.717, 1.165) is 11.4 Å². The summed E-state index contributed by atoms with van der Waals surface area (Å²) in [5.41, 5.74) is 1.17. The van der Waals surface area contributed by atoms with Crippen LogP contribution in [0.1, 0.15) is 18.2 Å². The van der Waals surface area contributed by atoms with Gasteiger partial charge in [0, 0.05) is 6.08 Å². The van der Waals surface area contributed by atoms with Gasteiger partial charge in [0.05, 0.1) is 12.0 Å². The molecule has 7 heteroatoms. The highest BCUT2D eigenvalue weighted by Crippen LogP contribution is 2.30. The fraction of sp³-hybridized carbons (Fsp3) is 0.105. The molecule has 0 unspecified atom stereocenters. The number of hydrogen-bond donors (Lipinski definition) is 1.